The van der Waals surface area contributed by atoms with Crippen LogP contribution in [0.3, 0.4) is 0 Å². The smallest absolute Gasteiger partial charge is 0.255 e. The largest absolute Gasteiger partial charge is 0.497 e. The number of benzene rings is 4. The van der Waals surface area contributed by atoms with Crippen LogP contribution in [0.25, 0.3) is 27.8 Å². The molecule has 0 aliphatic rings. The second-order valence-corrected chi connectivity index (χ2v) is 10.4. The fourth-order valence-electron chi connectivity index (χ4n) is 5.37. The van der Waals surface area contributed by atoms with Crippen LogP contribution in [0.5, 0.6) is 5.75 Å². The fourth-order valence-corrected chi connectivity index (χ4v) is 5.37. The van der Waals surface area contributed by atoms with Gasteiger partial charge < -0.3 is 9.64 Å². The second-order valence-electron chi connectivity index (χ2n) is 10.4. The highest BCUT2D eigenvalue weighted by Gasteiger charge is 2.25. The lowest BCUT2D eigenvalue weighted by atomic mass is 9.98. The Morgan fingerprint density at radius 2 is 1.54 bits per heavy atom. The molecule has 5 heteroatoms. The van der Waals surface area contributed by atoms with Crippen LogP contribution in [0, 0.1) is 20.8 Å². The molecule has 0 atom stereocenters. The van der Waals surface area contributed by atoms with Crippen molar-refractivity contribution in [3.63, 3.8) is 0 Å². The zero-order valence-electron chi connectivity index (χ0n) is 23.5. The number of methoxy groups -OCH3 is 1. The SMILES string of the molecule is COc1ccc(-n2c(CN(C(=O)c3c(C)cc(C)cc3C)C(C)C)nc3cc(-c4ccccc4)ccc32)cc1. The average Bonchev–Trinajstić information content (AvgIpc) is 3.28. The first-order valence-corrected chi connectivity index (χ1v) is 13.4. The monoisotopic (exact) mass is 517 g/mol. The number of hydrogen-bond acceptors (Lipinski definition) is 3. The lowest BCUT2D eigenvalue weighted by molar-refractivity contribution is 0.0683. The zero-order valence-corrected chi connectivity index (χ0v) is 23.5. The van der Waals surface area contributed by atoms with E-state index in [4.69, 9.17) is 9.72 Å². The maximum atomic E-state index is 14.0. The standard InChI is InChI=1S/C34H35N3O2/c1-22(2)36(34(38)33-24(4)18-23(3)19-25(33)5)21-32-35-30-20-27(26-10-8-7-9-11-26)12-17-31(30)37(32)28-13-15-29(39-6)16-14-28/h7-20,22H,21H2,1-6H3. The molecule has 198 valence electrons. The van der Waals surface area contributed by atoms with Gasteiger partial charge in [0.25, 0.3) is 5.91 Å². The van der Waals surface area contributed by atoms with Crippen molar-refractivity contribution in [2.45, 2.75) is 47.2 Å². The number of aryl methyl sites for hydroxylation is 3. The van der Waals surface area contributed by atoms with Gasteiger partial charge in [0.15, 0.2) is 0 Å². The van der Waals surface area contributed by atoms with Crippen molar-refractivity contribution in [2.24, 2.45) is 0 Å². The van der Waals surface area contributed by atoms with E-state index in [9.17, 15) is 4.79 Å². The van der Waals surface area contributed by atoms with Crippen LogP contribution >= 0.6 is 0 Å². The van der Waals surface area contributed by atoms with Crippen molar-refractivity contribution in [2.75, 3.05) is 7.11 Å². The van der Waals surface area contributed by atoms with Gasteiger partial charge >= 0.3 is 0 Å². The Balaban J connectivity index is 1.63. The Bertz CT molecular complexity index is 1610. The van der Waals surface area contributed by atoms with Gasteiger partial charge in [0.05, 0.1) is 24.7 Å². The van der Waals surface area contributed by atoms with E-state index in [2.05, 4.69) is 67.8 Å². The molecule has 0 aliphatic carbocycles. The van der Waals surface area contributed by atoms with Gasteiger partial charge in [0, 0.05) is 17.3 Å². The molecule has 5 rings (SSSR count). The number of rotatable bonds is 7. The summed E-state index contributed by atoms with van der Waals surface area (Å²) in [5.41, 5.74) is 9.04. The summed E-state index contributed by atoms with van der Waals surface area (Å²) in [5.74, 6) is 1.63. The summed E-state index contributed by atoms with van der Waals surface area (Å²) in [6.45, 7) is 10.6. The van der Waals surface area contributed by atoms with Gasteiger partial charge in [-0.25, -0.2) is 4.98 Å². The molecule has 1 heterocycles. The maximum absolute atomic E-state index is 14.0. The van der Waals surface area contributed by atoms with Gasteiger partial charge in [0.2, 0.25) is 0 Å². The maximum Gasteiger partial charge on any atom is 0.255 e. The third-order valence-corrected chi connectivity index (χ3v) is 7.25. The van der Waals surface area contributed by atoms with E-state index >= 15 is 0 Å². The molecule has 0 N–H and O–H groups in total. The van der Waals surface area contributed by atoms with Crippen LogP contribution < -0.4 is 4.74 Å². The number of imidazole rings is 1. The highest BCUT2D eigenvalue weighted by atomic mass is 16.5. The summed E-state index contributed by atoms with van der Waals surface area (Å²) in [7, 11) is 1.67. The Morgan fingerprint density at radius 3 is 2.15 bits per heavy atom. The molecular formula is C34H35N3O2. The summed E-state index contributed by atoms with van der Waals surface area (Å²) in [5, 5.41) is 0. The van der Waals surface area contributed by atoms with E-state index in [0.717, 1.165) is 61.7 Å². The number of fused-ring (bicyclic) bond motifs is 1. The number of carbonyl (C=O) groups is 1. The zero-order chi connectivity index (χ0) is 27.7. The molecular weight excluding hydrogens is 482 g/mol. The first-order valence-electron chi connectivity index (χ1n) is 13.4. The number of hydrogen-bond donors (Lipinski definition) is 0. The van der Waals surface area contributed by atoms with E-state index in [1.807, 2.05) is 61.2 Å². The summed E-state index contributed by atoms with van der Waals surface area (Å²) in [6, 6.07) is 28.8. The van der Waals surface area contributed by atoms with Gasteiger partial charge in [0.1, 0.15) is 11.6 Å². The highest BCUT2D eigenvalue weighted by molar-refractivity contribution is 5.97. The first kappa shape index (κ1) is 26.2. The minimum Gasteiger partial charge on any atom is -0.497 e. The Kier molecular flexibility index (Phi) is 7.25. The van der Waals surface area contributed by atoms with Crippen LogP contribution in [0.2, 0.25) is 0 Å². The second kappa shape index (κ2) is 10.8. The Hall–Kier alpha value is -4.38. The lowest BCUT2D eigenvalue weighted by Crippen LogP contribution is -2.38. The van der Waals surface area contributed by atoms with Crippen LogP contribution in [-0.4, -0.2) is 33.5 Å². The third kappa shape index (κ3) is 5.17. The molecule has 0 fully saturated rings. The number of ether oxygens (including phenoxy) is 1. The molecule has 39 heavy (non-hydrogen) atoms. The minimum absolute atomic E-state index is 0.0124. The van der Waals surface area contributed by atoms with Gasteiger partial charge in [-0.2, -0.15) is 0 Å². The number of nitrogens with zero attached hydrogens (tertiary/aromatic N) is 3. The predicted molar refractivity (Wildman–Crippen MR) is 159 cm³/mol. The molecule has 5 aromatic rings. The molecule has 0 saturated heterocycles. The Morgan fingerprint density at radius 1 is 0.872 bits per heavy atom. The van der Waals surface area contributed by atoms with Crippen LogP contribution in [-0.2, 0) is 6.54 Å². The topological polar surface area (TPSA) is 47.4 Å². The fraction of sp³-hybridized carbons (Fsp3) is 0.235. The van der Waals surface area contributed by atoms with E-state index in [1.54, 1.807) is 7.11 Å². The van der Waals surface area contributed by atoms with Crippen LogP contribution in [0.15, 0.2) is 84.9 Å². The summed E-state index contributed by atoms with van der Waals surface area (Å²) < 4.78 is 7.55. The number of aromatic nitrogens is 2. The van der Waals surface area contributed by atoms with Crippen molar-refractivity contribution >= 4 is 16.9 Å². The average molecular weight is 518 g/mol. The molecule has 4 aromatic carbocycles. The van der Waals surface area contributed by atoms with Gasteiger partial charge in [-0.1, -0.05) is 54.1 Å². The molecule has 0 bridgehead atoms. The van der Waals surface area contributed by atoms with Crippen molar-refractivity contribution < 1.29 is 9.53 Å². The minimum atomic E-state index is -0.0124. The number of carbonyl (C=O) groups excluding carboxylic acids is 1. The molecule has 0 aliphatic heterocycles. The third-order valence-electron chi connectivity index (χ3n) is 7.25. The quantitative estimate of drug-likeness (QED) is 0.222. The van der Waals surface area contributed by atoms with Gasteiger partial charge in [-0.05, 0) is 93.3 Å². The van der Waals surface area contributed by atoms with Crippen molar-refractivity contribution in [1.82, 2.24) is 14.5 Å². The molecule has 0 saturated carbocycles. The van der Waals surface area contributed by atoms with Crippen molar-refractivity contribution in [1.29, 1.82) is 0 Å². The van der Waals surface area contributed by atoms with Gasteiger partial charge in [-0.3, -0.25) is 9.36 Å². The molecule has 5 nitrogen and oxygen atoms in total. The van der Waals surface area contributed by atoms with E-state index in [1.165, 1.54) is 0 Å². The first-order chi connectivity index (χ1) is 18.8. The number of amides is 1. The normalized spacial score (nSPS) is 11.3. The molecule has 1 aromatic heterocycles. The molecule has 0 spiro atoms. The molecule has 1 amide bonds. The van der Waals surface area contributed by atoms with Crippen molar-refractivity contribution in [3.05, 3.63) is 113 Å². The van der Waals surface area contributed by atoms with E-state index < -0.39 is 0 Å². The van der Waals surface area contributed by atoms with Crippen LogP contribution in [0.1, 0.15) is 46.7 Å². The summed E-state index contributed by atoms with van der Waals surface area (Å²) in [6.07, 6.45) is 0. The van der Waals surface area contributed by atoms with Crippen molar-refractivity contribution in [3.8, 4) is 22.6 Å². The van der Waals surface area contributed by atoms with Gasteiger partial charge in [-0.15, -0.1) is 0 Å². The highest BCUT2D eigenvalue weighted by Crippen LogP contribution is 2.29. The van der Waals surface area contributed by atoms with Crippen LogP contribution in [0.4, 0.5) is 0 Å². The predicted octanol–water partition coefficient (Wildman–Crippen LogP) is 7.68. The van der Waals surface area contributed by atoms with E-state index in [-0.39, 0.29) is 11.9 Å². The summed E-state index contributed by atoms with van der Waals surface area (Å²) >= 11 is 0. The molecule has 0 unspecified atom stereocenters. The summed E-state index contributed by atoms with van der Waals surface area (Å²) in [4.78, 5) is 21.0. The Labute approximate surface area is 230 Å². The lowest BCUT2D eigenvalue weighted by Gasteiger charge is -2.28. The van der Waals surface area contributed by atoms with E-state index in [0.29, 0.717) is 6.54 Å². The molecule has 0 radical (unpaired) electrons.